The Labute approximate surface area is 208 Å². The van der Waals surface area contributed by atoms with Crippen LogP contribution in [-0.4, -0.2) is 16.0 Å². The number of carbonyl (C=O) groups is 1. The standard InChI is InChI=1S/C27H24ClN3O2S/c1-17(2)21-10-13-24-23(15-21)30-26(33-24)20-8-3-19(4-9-20)16-29-27(34)31-25(32)14-7-18-5-11-22(28)12-6-18/h3-15,17H,16H2,1-2H3,(H2,29,31,32,34)/b14-7+. The highest BCUT2D eigenvalue weighted by Gasteiger charge is 2.10. The average Bonchev–Trinajstić information content (AvgIpc) is 3.26. The number of hydrogen-bond acceptors (Lipinski definition) is 4. The predicted molar refractivity (Wildman–Crippen MR) is 142 cm³/mol. The SMILES string of the molecule is CC(C)c1ccc2oc(-c3ccc(CNC(=S)NC(=O)/C=C/c4ccc(Cl)cc4)cc3)nc2c1. The second-order valence-electron chi connectivity index (χ2n) is 8.15. The minimum Gasteiger partial charge on any atom is -0.436 e. The summed E-state index contributed by atoms with van der Waals surface area (Å²) < 4.78 is 5.92. The maximum atomic E-state index is 12.1. The van der Waals surface area contributed by atoms with Gasteiger partial charge in [0.15, 0.2) is 10.7 Å². The van der Waals surface area contributed by atoms with Crippen LogP contribution in [0, 0.1) is 0 Å². The molecule has 0 atom stereocenters. The second-order valence-corrected chi connectivity index (χ2v) is 9.00. The first-order valence-electron chi connectivity index (χ1n) is 10.9. The van der Waals surface area contributed by atoms with Gasteiger partial charge in [0, 0.05) is 23.2 Å². The van der Waals surface area contributed by atoms with Crippen molar-refractivity contribution in [1.82, 2.24) is 15.6 Å². The van der Waals surface area contributed by atoms with Crippen LogP contribution in [0.2, 0.25) is 5.02 Å². The van der Waals surface area contributed by atoms with Gasteiger partial charge >= 0.3 is 0 Å². The normalized spacial score (nSPS) is 11.3. The van der Waals surface area contributed by atoms with Gasteiger partial charge in [0.2, 0.25) is 11.8 Å². The van der Waals surface area contributed by atoms with E-state index >= 15 is 0 Å². The summed E-state index contributed by atoms with van der Waals surface area (Å²) in [6.45, 7) is 4.79. The largest absolute Gasteiger partial charge is 0.436 e. The van der Waals surface area contributed by atoms with Crippen molar-refractivity contribution in [2.45, 2.75) is 26.3 Å². The van der Waals surface area contributed by atoms with Crippen molar-refractivity contribution < 1.29 is 9.21 Å². The van der Waals surface area contributed by atoms with Gasteiger partial charge in [-0.15, -0.1) is 0 Å². The number of thiocarbonyl (C=S) groups is 1. The Balaban J connectivity index is 1.31. The molecule has 3 aromatic carbocycles. The summed E-state index contributed by atoms with van der Waals surface area (Å²) in [5.41, 5.74) is 5.65. The van der Waals surface area contributed by atoms with E-state index in [0.717, 1.165) is 27.8 Å². The summed E-state index contributed by atoms with van der Waals surface area (Å²) in [6, 6.07) is 21.2. The van der Waals surface area contributed by atoms with Crippen molar-refractivity contribution >= 4 is 52.0 Å². The van der Waals surface area contributed by atoms with Gasteiger partial charge in [-0.2, -0.15) is 0 Å². The molecule has 0 spiro atoms. The first-order valence-corrected chi connectivity index (χ1v) is 11.7. The number of oxazole rings is 1. The lowest BCUT2D eigenvalue weighted by molar-refractivity contribution is -0.115. The Hall–Kier alpha value is -3.48. The maximum absolute atomic E-state index is 12.1. The highest BCUT2D eigenvalue weighted by atomic mass is 35.5. The second kappa shape index (κ2) is 10.6. The molecule has 1 amide bonds. The van der Waals surface area contributed by atoms with Crippen molar-refractivity contribution in [3.05, 3.63) is 94.5 Å². The maximum Gasteiger partial charge on any atom is 0.250 e. The third-order valence-electron chi connectivity index (χ3n) is 5.27. The van der Waals surface area contributed by atoms with E-state index in [1.54, 1.807) is 18.2 Å². The number of fused-ring (bicyclic) bond motifs is 1. The number of nitrogens with zero attached hydrogens (tertiary/aromatic N) is 1. The van der Waals surface area contributed by atoms with Gasteiger partial charge in [0.1, 0.15) is 5.52 Å². The summed E-state index contributed by atoms with van der Waals surface area (Å²) in [5.74, 6) is 0.719. The van der Waals surface area contributed by atoms with Gasteiger partial charge in [-0.05, 0) is 77.3 Å². The van der Waals surface area contributed by atoms with E-state index < -0.39 is 0 Å². The zero-order valence-electron chi connectivity index (χ0n) is 18.8. The molecule has 0 bridgehead atoms. The lowest BCUT2D eigenvalue weighted by atomic mass is 10.0. The Bertz CT molecular complexity index is 1340. The van der Waals surface area contributed by atoms with Gasteiger partial charge in [0.25, 0.3) is 0 Å². The summed E-state index contributed by atoms with van der Waals surface area (Å²) in [4.78, 5) is 16.7. The molecule has 0 aliphatic heterocycles. The molecule has 0 aliphatic rings. The molecule has 0 saturated heterocycles. The topological polar surface area (TPSA) is 67.2 Å². The van der Waals surface area contributed by atoms with Crippen LogP contribution in [0.25, 0.3) is 28.6 Å². The molecule has 4 aromatic rings. The molecule has 4 rings (SSSR count). The van der Waals surface area contributed by atoms with Gasteiger partial charge in [-0.1, -0.05) is 55.8 Å². The van der Waals surface area contributed by atoms with Gasteiger partial charge < -0.3 is 9.73 Å². The van der Waals surface area contributed by atoms with Gasteiger partial charge in [-0.25, -0.2) is 4.98 Å². The van der Waals surface area contributed by atoms with Crippen LogP contribution in [0.5, 0.6) is 0 Å². The van der Waals surface area contributed by atoms with E-state index in [9.17, 15) is 4.79 Å². The third kappa shape index (κ3) is 6.10. The van der Waals surface area contributed by atoms with Crippen LogP contribution in [0.1, 0.15) is 36.5 Å². The van der Waals surface area contributed by atoms with Crippen molar-refractivity contribution in [3.8, 4) is 11.5 Å². The lowest BCUT2D eigenvalue weighted by Gasteiger charge is -2.08. The Kier molecular flexibility index (Phi) is 7.40. The number of rotatable bonds is 6. The van der Waals surface area contributed by atoms with Crippen LogP contribution in [0.3, 0.4) is 0 Å². The quantitative estimate of drug-likeness (QED) is 0.240. The fraction of sp³-hybridized carbons (Fsp3) is 0.148. The molecule has 0 radical (unpaired) electrons. The van der Waals surface area contributed by atoms with E-state index in [-0.39, 0.29) is 11.0 Å². The zero-order chi connectivity index (χ0) is 24.1. The zero-order valence-corrected chi connectivity index (χ0v) is 20.4. The van der Waals surface area contributed by atoms with E-state index in [2.05, 4.69) is 41.6 Å². The van der Waals surface area contributed by atoms with Crippen molar-refractivity contribution in [2.24, 2.45) is 0 Å². The fourth-order valence-electron chi connectivity index (χ4n) is 3.32. The number of nitrogens with one attached hydrogen (secondary N) is 2. The molecule has 1 aromatic heterocycles. The summed E-state index contributed by atoms with van der Waals surface area (Å²) in [7, 11) is 0. The summed E-state index contributed by atoms with van der Waals surface area (Å²) in [6.07, 6.45) is 3.12. The molecule has 2 N–H and O–H groups in total. The average molecular weight is 490 g/mol. The molecule has 0 saturated carbocycles. The third-order valence-corrected chi connectivity index (χ3v) is 5.76. The minimum absolute atomic E-state index is 0.259. The lowest BCUT2D eigenvalue weighted by Crippen LogP contribution is -2.37. The fourth-order valence-corrected chi connectivity index (χ4v) is 3.62. The molecular weight excluding hydrogens is 466 g/mol. The van der Waals surface area contributed by atoms with Crippen LogP contribution in [0.4, 0.5) is 0 Å². The Morgan fingerprint density at radius 1 is 1.09 bits per heavy atom. The molecule has 0 unspecified atom stereocenters. The highest BCUT2D eigenvalue weighted by Crippen LogP contribution is 2.27. The van der Waals surface area contributed by atoms with Gasteiger partial charge in [-0.3, -0.25) is 10.1 Å². The number of hydrogen-bond donors (Lipinski definition) is 2. The minimum atomic E-state index is -0.306. The number of carbonyl (C=O) groups excluding carboxylic acids is 1. The monoisotopic (exact) mass is 489 g/mol. The van der Waals surface area contributed by atoms with Crippen LogP contribution < -0.4 is 10.6 Å². The highest BCUT2D eigenvalue weighted by molar-refractivity contribution is 7.80. The van der Waals surface area contributed by atoms with Crippen LogP contribution in [0.15, 0.2) is 77.2 Å². The van der Waals surface area contributed by atoms with E-state index in [1.807, 2.05) is 42.5 Å². The number of halogens is 1. The molecule has 5 nitrogen and oxygen atoms in total. The first kappa shape index (κ1) is 23.7. The van der Waals surface area contributed by atoms with Gasteiger partial charge in [0.05, 0.1) is 0 Å². The molecular formula is C27H24ClN3O2S. The van der Waals surface area contributed by atoms with E-state index in [0.29, 0.717) is 23.4 Å². The molecule has 7 heteroatoms. The van der Waals surface area contributed by atoms with E-state index in [4.69, 9.17) is 28.2 Å². The first-order chi connectivity index (χ1) is 16.4. The number of amides is 1. The molecule has 0 fully saturated rings. The number of aromatic nitrogens is 1. The summed E-state index contributed by atoms with van der Waals surface area (Å²) >= 11 is 11.1. The predicted octanol–water partition coefficient (Wildman–Crippen LogP) is 6.48. The van der Waals surface area contributed by atoms with Crippen LogP contribution in [-0.2, 0) is 11.3 Å². The molecule has 34 heavy (non-hydrogen) atoms. The number of benzene rings is 3. The van der Waals surface area contributed by atoms with Crippen molar-refractivity contribution in [2.75, 3.05) is 0 Å². The van der Waals surface area contributed by atoms with Crippen molar-refractivity contribution in [1.29, 1.82) is 0 Å². The van der Waals surface area contributed by atoms with E-state index in [1.165, 1.54) is 11.6 Å². The molecule has 0 aliphatic carbocycles. The Morgan fingerprint density at radius 2 is 1.82 bits per heavy atom. The molecule has 172 valence electrons. The smallest absolute Gasteiger partial charge is 0.250 e. The van der Waals surface area contributed by atoms with Crippen LogP contribution >= 0.6 is 23.8 Å². The van der Waals surface area contributed by atoms with Crippen molar-refractivity contribution in [3.63, 3.8) is 0 Å². The summed E-state index contributed by atoms with van der Waals surface area (Å²) in [5, 5.41) is 6.59. The molecule has 1 heterocycles. The Morgan fingerprint density at radius 3 is 2.53 bits per heavy atom.